The first-order valence-corrected chi connectivity index (χ1v) is 12.1. The summed E-state index contributed by atoms with van der Waals surface area (Å²) in [6.07, 6.45) is 2.70. The summed E-state index contributed by atoms with van der Waals surface area (Å²) in [6, 6.07) is 0. The fourth-order valence-electron chi connectivity index (χ4n) is 8.21. The van der Waals surface area contributed by atoms with Crippen LogP contribution in [0.5, 0.6) is 0 Å². The molecule has 34 heavy (non-hydrogen) atoms. The maximum absolute atomic E-state index is 15.6. The molecule has 8 heteroatoms. The van der Waals surface area contributed by atoms with Gasteiger partial charge in [0.2, 0.25) is 5.78 Å². The molecule has 0 unspecified atom stereocenters. The molecule has 5 rings (SSSR count). The van der Waals surface area contributed by atoms with Gasteiger partial charge in [-0.1, -0.05) is 19.9 Å². The van der Waals surface area contributed by atoms with Crippen LogP contribution in [0, 0.1) is 28.6 Å². The smallest absolute Gasteiger partial charge is 0.303 e. The van der Waals surface area contributed by atoms with Crippen molar-refractivity contribution in [1.29, 1.82) is 0 Å². The normalized spacial score (nSPS) is 48.3. The topological polar surface area (TPSA) is 99.1 Å². The van der Waals surface area contributed by atoms with Crippen molar-refractivity contribution in [3.63, 3.8) is 0 Å². The van der Waals surface area contributed by atoms with E-state index in [-0.39, 0.29) is 36.4 Å². The summed E-state index contributed by atoms with van der Waals surface area (Å²) < 4.78 is 33.2. The van der Waals surface area contributed by atoms with Gasteiger partial charge in [0, 0.05) is 23.7 Å². The number of aliphatic hydroxyl groups excluding tert-OH is 1. The molecule has 0 aromatic rings. The molecule has 1 aliphatic heterocycles. The predicted molar refractivity (Wildman–Crippen MR) is 118 cm³/mol. The quantitative estimate of drug-likeness (QED) is 0.626. The molecular formula is C26H33FO7. The van der Waals surface area contributed by atoms with Crippen LogP contribution in [0.1, 0.15) is 53.9 Å². The summed E-state index contributed by atoms with van der Waals surface area (Å²) in [5.41, 5.74) is -2.63. The SMILES string of the molecule is CC(=O)OCC(=O)[C@@]12OC(C)(C)O[C@H]1C[C@H]1[C@@H]3C[C@H](F)C4=CC(=O)C=C[C@]4(C)[C@H]3[C@@H](O)C[C@@]12C. The number of esters is 1. The lowest BCUT2D eigenvalue weighted by Gasteiger charge is -2.60. The van der Waals surface area contributed by atoms with E-state index in [0.29, 0.717) is 12.0 Å². The molecule has 1 heterocycles. The molecule has 5 aliphatic rings. The highest BCUT2D eigenvalue weighted by atomic mass is 19.1. The fraction of sp³-hybridized carbons (Fsp3) is 0.731. The Kier molecular flexibility index (Phi) is 5.12. The lowest BCUT2D eigenvalue weighted by atomic mass is 9.46. The number of allylic oxidation sites excluding steroid dienone is 4. The number of hydrogen-bond donors (Lipinski definition) is 1. The van der Waals surface area contributed by atoms with Gasteiger partial charge in [-0.15, -0.1) is 0 Å². The zero-order chi connectivity index (χ0) is 24.8. The van der Waals surface area contributed by atoms with Crippen LogP contribution in [0.25, 0.3) is 0 Å². The molecular weight excluding hydrogens is 443 g/mol. The number of Topliss-reactive ketones (excluding diaryl/α,β-unsaturated/α-hetero) is 1. The van der Waals surface area contributed by atoms with Crippen LogP contribution in [-0.2, 0) is 28.6 Å². The molecule has 4 fully saturated rings. The monoisotopic (exact) mass is 476 g/mol. The number of hydrogen-bond acceptors (Lipinski definition) is 7. The molecule has 9 atom stereocenters. The average Bonchev–Trinajstić information content (AvgIpc) is 3.13. The lowest BCUT2D eigenvalue weighted by molar-refractivity contribution is -0.227. The maximum Gasteiger partial charge on any atom is 0.303 e. The number of aliphatic hydroxyl groups is 1. The van der Waals surface area contributed by atoms with Crippen molar-refractivity contribution in [2.75, 3.05) is 6.61 Å². The van der Waals surface area contributed by atoms with Gasteiger partial charge in [-0.3, -0.25) is 14.4 Å². The number of halogens is 1. The van der Waals surface area contributed by atoms with Gasteiger partial charge in [-0.05, 0) is 62.7 Å². The van der Waals surface area contributed by atoms with Crippen molar-refractivity contribution >= 4 is 17.5 Å². The predicted octanol–water partition coefficient (Wildman–Crippen LogP) is 2.85. The second-order valence-electron chi connectivity index (χ2n) is 11.6. The Hall–Kier alpha value is -1.90. The standard InChI is InChI=1S/C26H33FO7/c1-13(28)32-12-20(31)26-21(33-23(2,3)34-26)10-16-15-9-18(27)17-8-14(29)6-7-24(17,4)22(15)19(30)11-25(16,26)5/h6-8,15-16,18-19,21-22,30H,9-12H2,1-5H3/t15-,16-,18-,19-,21-,22+,24-,25-,26+/m0/s1. The Labute approximate surface area is 198 Å². The maximum atomic E-state index is 15.6. The highest BCUT2D eigenvalue weighted by Gasteiger charge is 2.77. The molecule has 0 spiro atoms. The minimum atomic E-state index is -1.41. The zero-order valence-corrected chi connectivity index (χ0v) is 20.3. The third-order valence-corrected chi connectivity index (χ3v) is 9.29. The van der Waals surface area contributed by atoms with E-state index in [1.165, 1.54) is 19.1 Å². The molecule has 0 radical (unpaired) electrons. The molecule has 0 aromatic carbocycles. The summed E-state index contributed by atoms with van der Waals surface area (Å²) in [6.45, 7) is 8.10. The summed E-state index contributed by atoms with van der Waals surface area (Å²) in [4.78, 5) is 37.1. The van der Waals surface area contributed by atoms with Crippen LogP contribution < -0.4 is 0 Å². The van der Waals surface area contributed by atoms with Gasteiger partial charge in [0.05, 0.1) is 12.2 Å². The van der Waals surface area contributed by atoms with E-state index in [9.17, 15) is 19.5 Å². The Bertz CT molecular complexity index is 1020. The largest absolute Gasteiger partial charge is 0.458 e. The van der Waals surface area contributed by atoms with Gasteiger partial charge in [0.15, 0.2) is 23.8 Å². The Morgan fingerprint density at radius 1 is 1.24 bits per heavy atom. The first-order chi connectivity index (χ1) is 15.7. The van der Waals surface area contributed by atoms with Crippen LogP contribution in [0.2, 0.25) is 0 Å². The highest BCUT2D eigenvalue weighted by molar-refractivity contribution is 6.01. The van der Waals surface area contributed by atoms with Gasteiger partial charge in [0.1, 0.15) is 6.17 Å². The van der Waals surface area contributed by atoms with Crippen molar-refractivity contribution < 1.29 is 38.1 Å². The Balaban J connectivity index is 1.58. The minimum Gasteiger partial charge on any atom is -0.458 e. The van der Waals surface area contributed by atoms with Gasteiger partial charge in [-0.25, -0.2) is 4.39 Å². The second-order valence-corrected chi connectivity index (χ2v) is 11.6. The molecule has 1 saturated heterocycles. The number of carbonyl (C=O) groups is 3. The van der Waals surface area contributed by atoms with E-state index < -0.39 is 59.0 Å². The van der Waals surface area contributed by atoms with Crippen LogP contribution in [0.15, 0.2) is 23.8 Å². The second kappa shape index (κ2) is 7.31. The van der Waals surface area contributed by atoms with Crippen molar-refractivity contribution in [2.24, 2.45) is 28.6 Å². The van der Waals surface area contributed by atoms with Gasteiger partial charge < -0.3 is 19.3 Å². The van der Waals surface area contributed by atoms with Crippen LogP contribution in [0.4, 0.5) is 4.39 Å². The summed E-state index contributed by atoms with van der Waals surface area (Å²) >= 11 is 0. The Morgan fingerprint density at radius 3 is 2.62 bits per heavy atom. The van der Waals surface area contributed by atoms with Crippen LogP contribution in [-0.4, -0.2) is 59.0 Å². The number of ether oxygens (including phenoxy) is 3. The van der Waals surface area contributed by atoms with E-state index in [1.54, 1.807) is 19.9 Å². The van der Waals surface area contributed by atoms with E-state index in [2.05, 4.69) is 0 Å². The minimum absolute atomic E-state index is 0.161. The number of carbonyl (C=O) groups excluding carboxylic acids is 3. The van der Waals surface area contributed by atoms with E-state index in [1.807, 2.05) is 13.8 Å². The average molecular weight is 477 g/mol. The van der Waals surface area contributed by atoms with Crippen molar-refractivity contribution in [3.05, 3.63) is 23.8 Å². The fourth-order valence-corrected chi connectivity index (χ4v) is 8.21. The summed E-state index contributed by atoms with van der Waals surface area (Å²) in [7, 11) is 0. The molecule has 3 saturated carbocycles. The van der Waals surface area contributed by atoms with Crippen molar-refractivity contribution in [3.8, 4) is 0 Å². The van der Waals surface area contributed by atoms with Gasteiger partial charge >= 0.3 is 5.97 Å². The summed E-state index contributed by atoms with van der Waals surface area (Å²) in [5.74, 6) is -2.94. The van der Waals surface area contributed by atoms with E-state index in [4.69, 9.17) is 14.2 Å². The molecule has 0 bridgehead atoms. The Morgan fingerprint density at radius 2 is 1.94 bits per heavy atom. The molecule has 0 amide bonds. The van der Waals surface area contributed by atoms with Crippen LogP contribution in [0.3, 0.4) is 0 Å². The van der Waals surface area contributed by atoms with E-state index >= 15 is 4.39 Å². The van der Waals surface area contributed by atoms with Crippen molar-refractivity contribution in [2.45, 2.75) is 83.6 Å². The highest BCUT2D eigenvalue weighted by Crippen LogP contribution is 2.70. The third kappa shape index (κ3) is 3.00. The number of rotatable bonds is 3. The number of fused-ring (bicyclic) bond motifs is 7. The first kappa shape index (κ1) is 23.8. The summed E-state index contributed by atoms with van der Waals surface area (Å²) in [5, 5.41) is 11.6. The molecule has 4 aliphatic carbocycles. The number of ketones is 2. The van der Waals surface area contributed by atoms with Crippen molar-refractivity contribution in [1.82, 2.24) is 0 Å². The molecule has 7 nitrogen and oxygen atoms in total. The van der Waals surface area contributed by atoms with Gasteiger partial charge in [-0.2, -0.15) is 0 Å². The van der Waals surface area contributed by atoms with Crippen LogP contribution >= 0.6 is 0 Å². The molecule has 0 aromatic heterocycles. The first-order valence-electron chi connectivity index (χ1n) is 12.1. The number of alkyl halides is 1. The lowest BCUT2D eigenvalue weighted by Crippen LogP contribution is -2.64. The van der Waals surface area contributed by atoms with Gasteiger partial charge in [0.25, 0.3) is 0 Å². The third-order valence-electron chi connectivity index (χ3n) is 9.29. The zero-order valence-electron chi connectivity index (χ0n) is 20.3. The molecule has 186 valence electrons. The molecule has 1 N–H and O–H groups in total. The van der Waals surface area contributed by atoms with E-state index in [0.717, 1.165) is 0 Å².